The third-order valence-electron chi connectivity index (χ3n) is 7.89. The molecule has 0 bridgehead atoms. The van der Waals surface area contributed by atoms with Gasteiger partial charge in [0.2, 0.25) is 5.95 Å². The van der Waals surface area contributed by atoms with Crippen molar-refractivity contribution >= 4 is 34.1 Å². The van der Waals surface area contributed by atoms with E-state index in [0.717, 1.165) is 34.9 Å². The first kappa shape index (κ1) is 23.1. The Morgan fingerprint density at radius 2 is 2.09 bits per heavy atom. The van der Waals surface area contributed by atoms with Crippen molar-refractivity contribution in [2.45, 2.75) is 62.9 Å². The summed E-state index contributed by atoms with van der Waals surface area (Å²) in [5.74, 6) is 0.204. The highest BCUT2D eigenvalue weighted by Gasteiger charge is 2.47. The van der Waals surface area contributed by atoms with Gasteiger partial charge in [-0.3, -0.25) is 4.90 Å². The number of ether oxygens (including phenoxy) is 1. The fraction of sp³-hybridized carbons (Fsp3) is 0.560. The number of piperidine rings is 1. The fourth-order valence-corrected chi connectivity index (χ4v) is 5.75. The molecule has 3 fully saturated rings. The first-order chi connectivity index (χ1) is 16.8. The Morgan fingerprint density at radius 1 is 1.26 bits per heavy atom. The molecule has 8 nitrogen and oxygen atoms in total. The summed E-state index contributed by atoms with van der Waals surface area (Å²) in [6, 6.07) is 4.41. The Labute approximate surface area is 208 Å². The highest BCUT2D eigenvalue weighted by molar-refractivity contribution is 6.32. The summed E-state index contributed by atoms with van der Waals surface area (Å²) in [6.07, 6.45) is 4.69. The van der Waals surface area contributed by atoms with Crippen molar-refractivity contribution in [1.29, 1.82) is 0 Å². The topological polar surface area (TPSA) is 88.3 Å². The minimum atomic E-state index is -1.05. The summed E-state index contributed by atoms with van der Waals surface area (Å²) in [5.41, 5.74) is 2.91. The van der Waals surface area contributed by atoms with E-state index in [2.05, 4.69) is 20.3 Å². The number of nitrogens with one attached hydrogen (secondary N) is 1. The molecule has 2 saturated heterocycles. The van der Waals surface area contributed by atoms with E-state index >= 15 is 4.39 Å². The maximum atomic E-state index is 15.6. The van der Waals surface area contributed by atoms with Gasteiger partial charge in [0.25, 0.3) is 0 Å². The van der Waals surface area contributed by atoms with Crippen LogP contribution in [0.3, 0.4) is 0 Å². The molecular formula is C25H30ClFN6O2. The number of hydrogen-bond donors (Lipinski definition) is 2. The number of nitrogens with zero attached hydrogens (tertiary/aromatic N) is 5. The Bertz CT molecular complexity index is 1270. The Kier molecular flexibility index (Phi) is 5.71. The van der Waals surface area contributed by atoms with Crippen molar-refractivity contribution in [2.75, 3.05) is 31.6 Å². The summed E-state index contributed by atoms with van der Waals surface area (Å²) < 4.78 is 22.9. The van der Waals surface area contributed by atoms with E-state index in [-0.39, 0.29) is 12.5 Å². The summed E-state index contributed by atoms with van der Waals surface area (Å²) >= 11 is 6.48. The quantitative estimate of drug-likeness (QED) is 0.544. The second kappa shape index (κ2) is 8.65. The molecular weight excluding hydrogens is 471 g/mol. The molecule has 2 N–H and O–H groups in total. The Balaban J connectivity index is 1.24. The molecule has 186 valence electrons. The number of rotatable bonds is 5. The first-order valence-electron chi connectivity index (χ1n) is 12.3. The number of aromatic nitrogens is 4. The van der Waals surface area contributed by atoms with Gasteiger partial charge >= 0.3 is 0 Å². The lowest BCUT2D eigenvalue weighted by Crippen LogP contribution is -2.58. The van der Waals surface area contributed by atoms with Crippen LogP contribution in [-0.4, -0.2) is 73.9 Å². The molecule has 3 aliphatic rings. The summed E-state index contributed by atoms with van der Waals surface area (Å²) in [7, 11) is 0. The van der Waals surface area contributed by atoms with Gasteiger partial charge < -0.3 is 15.2 Å². The van der Waals surface area contributed by atoms with Crippen LogP contribution in [0.1, 0.15) is 49.3 Å². The van der Waals surface area contributed by atoms with E-state index in [1.165, 1.54) is 0 Å². The number of aliphatic hydroxyl groups excluding tert-OH is 1. The first-order valence-corrected chi connectivity index (χ1v) is 12.6. The zero-order valence-electron chi connectivity index (χ0n) is 19.9. The van der Waals surface area contributed by atoms with Gasteiger partial charge in [-0.15, -0.1) is 0 Å². The second-order valence-electron chi connectivity index (χ2n) is 10.4. The molecule has 35 heavy (non-hydrogen) atoms. The zero-order valence-corrected chi connectivity index (χ0v) is 20.7. The lowest BCUT2D eigenvalue weighted by Gasteiger charge is -2.45. The predicted octanol–water partition coefficient (Wildman–Crippen LogP) is 4.14. The lowest BCUT2D eigenvalue weighted by atomic mass is 9.82. The number of benzene rings is 1. The number of hydrogen-bond acceptors (Lipinski definition) is 7. The predicted molar refractivity (Wildman–Crippen MR) is 132 cm³/mol. The van der Waals surface area contributed by atoms with Crippen LogP contribution in [0.5, 0.6) is 0 Å². The molecule has 0 spiro atoms. The number of aliphatic hydroxyl groups is 1. The van der Waals surface area contributed by atoms with Gasteiger partial charge in [0.15, 0.2) is 5.15 Å². The van der Waals surface area contributed by atoms with Gasteiger partial charge in [0.1, 0.15) is 6.17 Å². The largest absolute Gasteiger partial charge is 0.389 e. The smallest absolute Gasteiger partial charge is 0.227 e. The number of likely N-dealkylation sites (tertiary alicyclic amines) is 1. The maximum absolute atomic E-state index is 15.6. The fourth-order valence-electron chi connectivity index (χ4n) is 5.47. The number of halogens is 2. The molecule has 3 aromatic rings. The molecule has 1 saturated carbocycles. The number of aryl methyl sites for hydroxylation is 1. The Hall–Kier alpha value is -2.33. The zero-order chi connectivity index (χ0) is 24.3. The minimum Gasteiger partial charge on any atom is -0.389 e. The van der Waals surface area contributed by atoms with Crippen LogP contribution in [0.2, 0.25) is 5.15 Å². The van der Waals surface area contributed by atoms with E-state index in [1.807, 2.05) is 30.7 Å². The van der Waals surface area contributed by atoms with Crippen LogP contribution in [0.15, 0.2) is 24.5 Å². The molecule has 6 rings (SSSR count). The van der Waals surface area contributed by atoms with E-state index in [1.54, 1.807) is 12.4 Å². The molecule has 0 amide bonds. The highest BCUT2D eigenvalue weighted by Crippen LogP contribution is 2.40. The van der Waals surface area contributed by atoms with Gasteiger partial charge in [0, 0.05) is 24.0 Å². The molecule has 2 aromatic heterocycles. The van der Waals surface area contributed by atoms with E-state index in [0.29, 0.717) is 49.0 Å². The van der Waals surface area contributed by atoms with E-state index in [4.69, 9.17) is 21.3 Å². The molecule has 4 heterocycles. The summed E-state index contributed by atoms with van der Waals surface area (Å²) in [4.78, 5) is 11.2. The SMILES string of the molecule is Cc1cc2cnc(Nc3cnn(C4CC4)c3Cl)nc2cc1C1CCN([C@]2(C)COCC2O)CC1F. The Morgan fingerprint density at radius 3 is 2.80 bits per heavy atom. The average Bonchev–Trinajstić information content (AvgIpc) is 3.54. The number of fused-ring (bicyclic) bond motifs is 1. The average molecular weight is 501 g/mol. The molecule has 1 aliphatic carbocycles. The summed E-state index contributed by atoms with van der Waals surface area (Å²) in [5, 5.41) is 19.4. The van der Waals surface area contributed by atoms with Crippen LogP contribution in [0.25, 0.3) is 10.9 Å². The normalized spacial score (nSPS) is 29.7. The van der Waals surface area contributed by atoms with Crippen molar-refractivity contribution < 1.29 is 14.2 Å². The van der Waals surface area contributed by atoms with Crippen molar-refractivity contribution in [2.24, 2.45) is 0 Å². The van der Waals surface area contributed by atoms with Gasteiger partial charge in [-0.2, -0.15) is 5.10 Å². The van der Waals surface area contributed by atoms with E-state index in [9.17, 15) is 5.11 Å². The van der Waals surface area contributed by atoms with E-state index < -0.39 is 17.8 Å². The number of anilines is 2. The van der Waals surface area contributed by atoms with Gasteiger partial charge in [-0.05, 0) is 62.9 Å². The van der Waals surface area contributed by atoms with Crippen LogP contribution < -0.4 is 5.32 Å². The van der Waals surface area contributed by atoms with Gasteiger partial charge in [-0.25, -0.2) is 19.0 Å². The second-order valence-corrected chi connectivity index (χ2v) is 10.7. The maximum Gasteiger partial charge on any atom is 0.227 e. The highest BCUT2D eigenvalue weighted by atomic mass is 35.5. The third kappa shape index (κ3) is 4.08. The van der Waals surface area contributed by atoms with Crippen molar-refractivity contribution in [3.8, 4) is 0 Å². The van der Waals surface area contributed by atoms with Crippen molar-refractivity contribution in [3.63, 3.8) is 0 Å². The van der Waals surface area contributed by atoms with Crippen LogP contribution in [0.4, 0.5) is 16.0 Å². The minimum absolute atomic E-state index is 0.226. The molecule has 3 unspecified atom stereocenters. The molecule has 2 aliphatic heterocycles. The van der Waals surface area contributed by atoms with Crippen LogP contribution in [-0.2, 0) is 4.74 Å². The standard InChI is InChI=1S/C25H30ClFN6O2/c1-14-7-15-9-28-24(31-21-10-29-33(23(21)26)16-3-4-16)30-20(15)8-18(14)17-5-6-32(11-19(17)27)25(2)13-35-12-22(25)34/h7-10,16-17,19,22,34H,3-6,11-13H2,1-2H3,(H,28,30,31)/t17?,19?,22?,25-/m1/s1. The molecule has 10 heteroatoms. The van der Waals surface area contributed by atoms with Crippen LogP contribution in [0, 0.1) is 6.92 Å². The van der Waals surface area contributed by atoms with Crippen molar-refractivity contribution in [3.05, 3.63) is 40.8 Å². The molecule has 0 radical (unpaired) electrons. The third-order valence-corrected chi connectivity index (χ3v) is 8.27. The lowest BCUT2D eigenvalue weighted by molar-refractivity contribution is -0.0238. The number of alkyl halides is 1. The van der Waals surface area contributed by atoms with Crippen LogP contribution >= 0.6 is 11.6 Å². The van der Waals surface area contributed by atoms with Gasteiger partial charge in [0.05, 0.1) is 48.3 Å². The molecule has 4 atom stereocenters. The van der Waals surface area contributed by atoms with Gasteiger partial charge in [-0.1, -0.05) is 11.6 Å². The molecule has 1 aromatic carbocycles. The summed E-state index contributed by atoms with van der Waals surface area (Å²) in [6.45, 7) is 5.70. The monoisotopic (exact) mass is 500 g/mol. The van der Waals surface area contributed by atoms with Crippen molar-refractivity contribution in [1.82, 2.24) is 24.6 Å².